The summed E-state index contributed by atoms with van der Waals surface area (Å²) in [5.41, 5.74) is 0.600. The number of methoxy groups -OCH3 is 1. The Morgan fingerprint density at radius 2 is 2.24 bits per heavy atom. The maximum atomic E-state index is 10.7. The van der Waals surface area contributed by atoms with Gasteiger partial charge in [-0.15, -0.1) is 0 Å². The van der Waals surface area contributed by atoms with Gasteiger partial charge in [0, 0.05) is 0 Å². The van der Waals surface area contributed by atoms with Gasteiger partial charge in [0.05, 0.1) is 13.3 Å². The largest absolute Gasteiger partial charge is 0.494 e. The Balaban J connectivity index is 2.34. The van der Waals surface area contributed by atoms with Crippen molar-refractivity contribution in [1.29, 1.82) is 0 Å². The predicted molar refractivity (Wildman–Crippen MR) is 82.7 cm³/mol. The van der Waals surface area contributed by atoms with Crippen LogP contribution in [0.2, 0.25) is 0 Å². The number of aliphatic imine (C=N–C) groups is 1. The number of carbonyl (C=O) groups is 1. The average molecular weight is 324 g/mol. The predicted octanol–water partition coefficient (Wildman–Crippen LogP) is 2.83. The molecule has 21 heavy (non-hydrogen) atoms. The smallest absolute Gasteiger partial charge is 0.323 e. The number of benzene rings is 1. The zero-order valence-electron chi connectivity index (χ0n) is 11.0. The Morgan fingerprint density at radius 3 is 2.90 bits per heavy atom. The normalized spacial score (nSPS) is 10.9. The zero-order valence-corrected chi connectivity index (χ0v) is 12.6. The summed E-state index contributed by atoms with van der Waals surface area (Å²) < 4.78 is 6.59. The van der Waals surface area contributed by atoms with Gasteiger partial charge in [0.15, 0.2) is 3.95 Å². The highest BCUT2D eigenvalue weighted by Crippen LogP contribution is 2.28. The number of hydrogen-bond acceptors (Lipinski definition) is 6. The molecule has 0 bridgehead atoms. The molecule has 6 nitrogen and oxygen atoms in total. The summed E-state index contributed by atoms with van der Waals surface area (Å²) in [4.78, 5) is 15.4. The van der Waals surface area contributed by atoms with Gasteiger partial charge in [0.1, 0.15) is 22.9 Å². The van der Waals surface area contributed by atoms with E-state index in [0.29, 0.717) is 16.3 Å². The second kappa shape index (κ2) is 6.51. The molecule has 2 aromatic rings. The molecule has 1 aromatic carbocycles. The Bertz CT molecular complexity index is 749. The monoisotopic (exact) mass is 324 g/mol. The molecule has 110 valence electrons. The fourth-order valence-electron chi connectivity index (χ4n) is 1.64. The van der Waals surface area contributed by atoms with Crippen LogP contribution in [0.4, 0.5) is 5.69 Å². The summed E-state index contributed by atoms with van der Waals surface area (Å²) in [5.74, 6) is -0.680. The molecule has 0 amide bonds. The molecular weight excluding hydrogens is 312 g/mol. The van der Waals surface area contributed by atoms with Crippen LogP contribution in [0.25, 0.3) is 0 Å². The molecular formula is C13H12N2O4S2. The third-order valence-corrected chi connectivity index (χ3v) is 3.97. The summed E-state index contributed by atoms with van der Waals surface area (Å²) in [6.45, 7) is -0.385. The number of nitrogens with zero attached hydrogens (tertiary/aromatic N) is 2. The first-order chi connectivity index (χ1) is 10.0. The fourth-order valence-corrected chi connectivity index (χ4v) is 2.81. The van der Waals surface area contributed by atoms with E-state index >= 15 is 0 Å². The fraction of sp³-hybridized carbons (Fsp3) is 0.154. The van der Waals surface area contributed by atoms with Gasteiger partial charge >= 0.3 is 5.97 Å². The van der Waals surface area contributed by atoms with E-state index in [1.165, 1.54) is 6.21 Å². The Hall–Kier alpha value is -2.19. The second-order valence-corrected chi connectivity index (χ2v) is 5.64. The molecule has 8 heteroatoms. The third kappa shape index (κ3) is 3.47. The van der Waals surface area contributed by atoms with Crippen molar-refractivity contribution in [2.24, 2.45) is 4.99 Å². The highest BCUT2D eigenvalue weighted by atomic mass is 32.1. The lowest BCUT2D eigenvalue weighted by Gasteiger charge is -2.02. The number of aromatic nitrogens is 1. The summed E-state index contributed by atoms with van der Waals surface area (Å²) in [5, 5.41) is 18.8. The number of para-hydroxylation sites is 2. The number of aliphatic carboxylic acids is 1. The molecule has 0 saturated heterocycles. The molecule has 0 saturated carbocycles. The first-order valence-electron chi connectivity index (χ1n) is 5.84. The number of thiazole rings is 1. The summed E-state index contributed by atoms with van der Waals surface area (Å²) in [7, 11) is 1.54. The molecule has 1 heterocycles. The van der Waals surface area contributed by atoms with Gasteiger partial charge in [-0.05, 0) is 24.4 Å². The molecule has 2 N–H and O–H groups in total. The molecule has 0 atom stereocenters. The van der Waals surface area contributed by atoms with Crippen LogP contribution in [0, 0.1) is 3.95 Å². The van der Waals surface area contributed by atoms with E-state index in [1.807, 2.05) is 12.1 Å². The van der Waals surface area contributed by atoms with E-state index in [4.69, 9.17) is 22.1 Å². The highest BCUT2D eigenvalue weighted by Gasteiger charge is 2.12. The first kappa shape index (κ1) is 15.2. The van der Waals surface area contributed by atoms with Gasteiger partial charge in [0.2, 0.25) is 5.88 Å². The minimum atomic E-state index is -1.08. The Kier molecular flexibility index (Phi) is 4.71. The topological polar surface area (TPSA) is 84.1 Å². The Labute approximate surface area is 129 Å². The van der Waals surface area contributed by atoms with Crippen molar-refractivity contribution in [3.8, 4) is 11.6 Å². The van der Waals surface area contributed by atoms with Crippen LogP contribution in [0.5, 0.6) is 11.6 Å². The SMILES string of the molecule is COc1ccccc1N=Cc1sc(=S)n(CC(=O)O)c1O. The second-order valence-electron chi connectivity index (χ2n) is 3.97. The average Bonchev–Trinajstić information content (AvgIpc) is 2.72. The molecule has 1 aromatic heterocycles. The van der Waals surface area contributed by atoms with Gasteiger partial charge in [-0.2, -0.15) is 0 Å². The molecule has 0 radical (unpaired) electrons. The van der Waals surface area contributed by atoms with Crippen LogP contribution >= 0.6 is 23.6 Å². The number of aromatic hydroxyl groups is 1. The van der Waals surface area contributed by atoms with Crippen LogP contribution in [0.15, 0.2) is 29.3 Å². The number of carboxylic acids is 1. The molecule has 0 aliphatic rings. The number of rotatable bonds is 5. The number of ether oxygens (including phenoxy) is 1. The van der Waals surface area contributed by atoms with E-state index in [0.717, 1.165) is 15.9 Å². The van der Waals surface area contributed by atoms with Gasteiger partial charge in [-0.1, -0.05) is 23.5 Å². The molecule has 0 fully saturated rings. The summed E-state index contributed by atoms with van der Waals surface area (Å²) in [6.07, 6.45) is 1.44. The van der Waals surface area contributed by atoms with Gasteiger partial charge in [-0.25, -0.2) is 0 Å². The van der Waals surface area contributed by atoms with Crippen LogP contribution in [-0.2, 0) is 11.3 Å². The van der Waals surface area contributed by atoms with Crippen molar-refractivity contribution < 1.29 is 19.7 Å². The lowest BCUT2D eigenvalue weighted by molar-refractivity contribution is -0.137. The van der Waals surface area contributed by atoms with Gasteiger partial charge < -0.3 is 14.9 Å². The Morgan fingerprint density at radius 1 is 1.52 bits per heavy atom. The number of hydrogen-bond donors (Lipinski definition) is 2. The van der Waals surface area contributed by atoms with E-state index in [-0.39, 0.29) is 16.4 Å². The zero-order chi connectivity index (χ0) is 15.4. The van der Waals surface area contributed by atoms with Gasteiger partial charge in [0.25, 0.3) is 0 Å². The molecule has 2 rings (SSSR count). The van der Waals surface area contributed by atoms with Crippen molar-refractivity contribution in [2.75, 3.05) is 7.11 Å². The lowest BCUT2D eigenvalue weighted by Crippen LogP contribution is -2.08. The number of carboxylic acid groups (broad SMARTS) is 1. The van der Waals surface area contributed by atoms with Crippen molar-refractivity contribution in [1.82, 2.24) is 4.57 Å². The van der Waals surface area contributed by atoms with Gasteiger partial charge in [-0.3, -0.25) is 14.4 Å². The van der Waals surface area contributed by atoms with E-state index < -0.39 is 5.97 Å². The van der Waals surface area contributed by atoms with E-state index in [9.17, 15) is 9.90 Å². The molecule has 0 aliphatic carbocycles. The maximum absolute atomic E-state index is 10.7. The maximum Gasteiger partial charge on any atom is 0.323 e. The minimum absolute atomic E-state index is 0.203. The highest BCUT2D eigenvalue weighted by molar-refractivity contribution is 7.73. The summed E-state index contributed by atoms with van der Waals surface area (Å²) >= 11 is 6.12. The van der Waals surface area contributed by atoms with Crippen LogP contribution in [0.3, 0.4) is 0 Å². The minimum Gasteiger partial charge on any atom is -0.494 e. The van der Waals surface area contributed by atoms with E-state index in [2.05, 4.69) is 4.99 Å². The van der Waals surface area contributed by atoms with Crippen LogP contribution in [-0.4, -0.2) is 34.1 Å². The third-order valence-electron chi connectivity index (χ3n) is 2.59. The molecule has 0 unspecified atom stereocenters. The van der Waals surface area contributed by atoms with Crippen LogP contribution in [0.1, 0.15) is 4.88 Å². The van der Waals surface area contributed by atoms with Crippen LogP contribution < -0.4 is 4.74 Å². The standard InChI is InChI=1S/C13H12N2O4S2/c1-19-9-5-3-2-4-8(9)14-6-10-12(18)15(7-11(16)17)13(20)21-10/h2-6,18H,7H2,1H3,(H,16,17). The van der Waals surface area contributed by atoms with E-state index in [1.54, 1.807) is 19.2 Å². The molecule has 0 spiro atoms. The van der Waals surface area contributed by atoms with Crippen molar-refractivity contribution in [3.63, 3.8) is 0 Å². The quantitative estimate of drug-likeness (QED) is 0.652. The molecule has 0 aliphatic heterocycles. The van der Waals surface area contributed by atoms with Crippen molar-refractivity contribution >= 4 is 41.4 Å². The summed E-state index contributed by atoms with van der Waals surface area (Å²) in [6, 6.07) is 7.17. The first-order valence-corrected chi connectivity index (χ1v) is 7.07. The van der Waals surface area contributed by atoms with Crippen molar-refractivity contribution in [2.45, 2.75) is 6.54 Å². The lowest BCUT2D eigenvalue weighted by atomic mass is 10.3. The van der Waals surface area contributed by atoms with Crippen molar-refractivity contribution in [3.05, 3.63) is 33.1 Å².